The Labute approximate surface area is 149 Å². The van der Waals surface area contributed by atoms with Gasteiger partial charge in [0, 0.05) is 22.5 Å². The van der Waals surface area contributed by atoms with Gasteiger partial charge in [0.25, 0.3) is 0 Å². The van der Waals surface area contributed by atoms with E-state index in [0.29, 0.717) is 22.0 Å². The van der Waals surface area contributed by atoms with Crippen LogP contribution in [0, 0.1) is 5.82 Å². The monoisotopic (exact) mass is 355 g/mol. The smallest absolute Gasteiger partial charge is 0.319 e. The molecule has 0 fully saturated rings. The van der Waals surface area contributed by atoms with Crippen LogP contribution in [0.3, 0.4) is 0 Å². The largest absolute Gasteiger partial charge is 0.336 e. The van der Waals surface area contributed by atoms with Gasteiger partial charge in [-0.25, -0.2) is 14.2 Å². The van der Waals surface area contributed by atoms with E-state index in [4.69, 9.17) is 0 Å². The standard InChI is InChI=1S/C19H18FN3OS/c1-12(2)21-19(24)23-16-10-6-4-8-14(16)17-11-25-18(22-17)13-7-3-5-9-15(13)20/h3-12H,1-2H3,(H2,21,23,24). The molecule has 0 aliphatic heterocycles. The number of nitrogens with one attached hydrogen (secondary N) is 2. The van der Waals surface area contributed by atoms with Crippen LogP contribution in [0.2, 0.25) is 0 Å². The molecule has 4 nitrogen and oxygen atoms in total. The number of urea groups is 1. The third-order valence-electron chi connectivity index (χ3n) is 3.48. The van der Waals surface area contributed by atoms with Gasteiger partial charge in [0.1, 0.15) is 10.8 Å². The van der Waals surface area contributed by atoms with E-state index in [1.165, 1.54) is 17.4 Å². The Hall–Kier alpha value is -2.73. The molecule has 0 bridgehead atoms. The van der Waals surface area contributed by atoms with Crippen molar-refractivity contribution in [2.75, 3.05) is 5.32 Å². The van der Waals surface area contributed by atoms with Gasteiger partial charge < -0.3 is 10.6 Å². The second kappa shape index (κ2) is 7.44. The van der Waals surface area contributed by atoms with Crippen LogP contribution in [0.15, 0.2) is 53.9 Å². The number of aromatic nitrogens is 1. The molecule has 0 saturated carbocycles. The number of hydrogen-bond acceptors (Lipinski definition) is 3. The summed E-state index contributed by atoms with van der Waals surface area (Å²) in [5, 5.41) is 8.10. The zero-order chi connectivity index (χ0) is 17.8. The molecule has 0 atom stereocenters. The molecule has 0 aliphatic rings. The highest BCUT2D eigenvalue weighted by molar-refractivity contribution is 7.13. The summed E-state index contributed by atoms with van der Waals surface area (Å²) in [6, 6.07) is 13.8. The lowest BCUT2D eigenvalue weighted by molar-refractivity contribution is 0.250. The van der Waals surface area contributed by atoms with Gasteiger partial charge in [-0.15, -0.1) is 11.3 Å². The SMILES string of the molecule is CC(C)NC(=O)Nc1ccccc1-c1csc(-c2ccccc2F)n1. The van der Waals surface area contributed by atoms with Crippen molar-refractivity contribution in [2.45, 2.75) is 19.9 Å². The molecule has 2 amide bonds. The second-order valence-corrected chi connectivity index (χ2v) is 6.67. The lowest BCUT2D eigenvalue weighted by Gasteiger charge is -2.12. The predicted octanol–water partition coefficient (Wildman–Crippen LogP) is 5.15. The maximum absolute atomic E-state index is 14.0. The van der Waals surface area contributed by atoms with Crippen molar-refractivity contribution in [2.24, 2.45) is 0 Å². The lowest BCUT2D eigenvalue weighted by atomic mass is 10.1. The van der Waals surface area contributed by atoms with Gasteiger partial charge in [-0.1, -0.05) is 30.3 Å². The van der Waals surface area contributed by atoms with Crippen molar-refractivity contribution in [3.8, 4) is 21.8 Å². The Morgan fingerprint density at radius 3 is 2.48 bits per heavy atom. The molecular formula is C19H18FN3OS. The normalized spacial score (nSPS) is 10.7. The molecule has 0 unspecified atom stereocenters. The Kier molecular flexibility index (Phi) is 5.09. The number of nitrogens with zero attached hydrogens (tertiary/aromatic N) is 1. The minimum absolute atomic E-state index is 0.0408. The van der Waals surface area contributed by atoms with Gasteiger partial charge in [-0.2, -0.15) is 0 Å². The summed E-state index contributed by atoms with van der Waals surface area (Å²) in [5.41, 5.74) is 2.62. The number of thiazole rings is 1. The highest BCUT2D eigenvalue weighted by Crippen LogP contribution is 2.33. The zero-order valence-corrected chi connectivity index (χ0v) is 14.7. The Morgan fingerprint density at radius 1 is 1.08 bits per heavy atom. The average Bonchev–Trinajstić information content (AvgIpc) is 3.04. The molecule has 6 heteroatoms. The fraction of sp³-hybridized carbons (Fsp3) is 0.158. The maximum atomic E-state index is 14.0. The summed E-state index contributed by atoms with van der Waals surface area (Å²) in [5.74, 6) is -0.300. The molecule has 2 aromatic carbocycles. The summed E-state index contributed by atoms with van der Waals surface area (Å²) in [7, 11) is 0. The minimum atomic E-state index is -0.300. The van der Waals surface area contributed by atoms with Gasteiger partial charge in [-0.3, -0.25) is 0 Å². The average molecular weight is 355 g/mol. The molecule has 3 rings (SSSR count). The number of halogens is 1. The molecule has 2 N–H and O–H groups in total. The van der Waals surface area contributed by atoms with Crippen LogP contribution < -0.4 is 10.6 Å². The fourth-order valence-electron chi connectivity index (χ4n) is 2.39. The molecule has 0 spiro atoms. The molecule has 0 saturated heterocycles. The quantitative estimate of drug-likeness (QED) is 0.680. The maximum Gasteiger partial charge on any atom is 0.319 e. The van der Waals surface area contributed by atoms with Crippen LogP contribution in [0.4, 0.5) is 14.9 Å². The van der Waals surface area contributed by atoms with Gasteiger partial charge in [-0.05, 0) is 32.0 Å². The van der Waals surface area contributed by atoms with E-state index in [2.05, 4.69) is 15.6 Å². The van der Waals surface area contributed by atoms with Crippen molar-refractivity contribution in [1.29, 1.82) is 0 Å². The third-order valence-corrected chi connectivity index (χ3v) is 4.36. The molecule has 3 aromatic rings. The van der Waals surface area contributed by atoms with Crippen LogP contribution in [-0.4, -0.2) is 17.1 Å². The predicted molar refractivity (Wildman–Crippen MR) is 100 cm³/mol. The number of benzene rings is 2. The Balaban J connectivity index is 1.91. The number of hydrogen-bond donors (Lipinski definition) is 2. The van der Waals surface area contributed by atoms with E-state index in [-0.39, 0.29) is 17.9 Å². The fourth-order valence-corrected chi connectivity index (χ4v) is 3.24. The van der Waals surface area contributed by atoms with Gasteiger partial charge in [0.15, 0.2) is 0 Å². The third kappa shape index (κ3) is 4.03. The molecule has 25 heavy (non-hydrogen) atoms. The first-order valence-corrected chi connectivity index (χ1v) is 8.80. The number of carbonyl (C=O) groups is 1. The summed E-state index contributed by atoms with van der Waals surface area (Å²) >= 11 is 1.37. The Bertz CT molecular complexity index is 892. The molecule has 1 aromatic heterocycles. The first-order valence-electron chi connectivity index (χ1n) is 7.92. The van der Waals surface area contributed by atoms with E-state index in [9.17, 15) is 9.18 Å². The van der Waals surface area contributed by atoms with E-state index < -0.39 is 0 Å². The molecule has 128 valence electrons. The van der Waals surface area contributed by atoms with Crippen molar-refractivity contribution < 1.29 is 9.18 Å². The first kappa shape index (κ1) is 17.1. The summed E-state index contributed by atoms with van der Waals surface area (Å²) in [6.45, 7) is 3.79. The van der Waals surface area contributed by atoms with Crippen molar-refractivity contribution >= 4 is 23.1 Å². The van der Waals surface area contributed by atoms with E-state index in [0.717, 1.165) is 5.56 Å². The van der Waals surface area contributed by atoms with E-state index >= 15 is 0 Å². The van der Waals surface area contributed by atoms with Crippen LogP contribution in [0.25, 0.3) is 21.8 Å². The van der Waals surface area contributed by atoms with Gasteiger partial charge in [0.2, 0.25) is 0 Å². The molecule has 1 heterocycles. The summed E-state index contributed by atoms with van der Waals surface area (Å²) in [4.78, 5) is 16.5. The second-order valence-electron chi connectivity index (χ2n) is 5.82. The minimum Gasteiger partial charge on any atom is -0.336 e. The van der Waals surface area contributed by atoms with Gasteiger partial charge in [0.05, 0.1) is 11.4 Å². The van der Waals surface area contributed by atoms with Crippen LogP contribution in [0.5, 0.6) is 0 Å². The molecule has 0 aliphatic carbocycles. The number of anilines is 1. The highest BCUT2D eigenvalue weighted by atomic mass is 32.1. The van der Waals surface area contributed by atoms with Crippen LogP contribution in [0.1, 0.15) is 13.8 Å². The molecular weight excluding hydrogens is 337 g/mol. The highest BCUT2D eigenvalue weighted by Gasteiger charge is 2.14. The number of rotatable bonds is 4. The number of amides is 2. The number of carbonyl (C=O) groups excluding carboxylic acids is 1. The van der Waals surface area contributed by atoms with Crippen LogP contribution >= 0.6 is 11.3 Å². The molecule has 0 radical (unpaired) electrons. The van der Waals surface area contributed by atoms with E-state index in [1.807, 2.05) is 43.5 Å². The lowest BCUT2D eigenvalue weighted by Crippen LogP contribution is -2.34. The topological polar surface area (TPSA) is 54.0 Å². The summed E-state index contributed by atoms with van der Waals surface area (Å²) in [6.07, 6.45) is 0. The van der Waals surface area contributed by atoms with Crippen molar-refractivity contribution in [3.05, 3.63) is 59.7 Å². The first-order chi connectivity index (χ1) is 12.0. The zero-order valence-electron chi connectivity index (χ0n) is 13.9. The van der Waals surface area contributed by atoms with E-state index in [1.54, 1.807) is 18.2 Å². The van der Waals surface area contributed by atoms with Crippen molar-refractivity contribution in [1.82, 2.24) is 10.3 Å². The Morgan fingerprint density at radius 2 is 1.76 bits per heavy atom. The van der Waals surface area contributed by atoms with Gasteiger partial charge >= 0.3 is 6.03 Å². The number of para-hydroxylation sites is 1. The van der Waals surface area contributed by atoms with Crippen LogP contribution in [-0.2, 0) is 0 Å². The van der Waals surface area contributed by atoms with Crippen molar-refractivity contribution in [3.63, 3.8) is 0 Å². The summed E-state index contributed by atoms with van der Waals surface area (Å²) < 4.78 is 14.0.